The predicted molar refractivity (Wildman–Crippen MR) is 93.8 cm³/mol. The minimum absolute atomic E-state index is 0.261. The lowest BCUT2D eigenvalue weighted by atomic mass is 10.1. The Morgan fingerprint density at radius 3 is 2.71 bits per heavy atom. The van der Waals surface area contributed by atoms with Gasteiger partial charge in [0.15, 0.2) is 0 Å². The van der Waals surface area contributed by atoms with Gasteiger partial charge < -0.3 is 5.73 Å². The van der Waals surface area contributed by atoms with E-state index in [9.17, 15) is 0 Å². The number of likely N-dealkylation sites (tertiary alicyclic amines) is 1. The number of nitrogens with two attached hydrogens (primary N) is 1. The molecule has 1 heterocycles. The fourth-order valence-electron chi connectivity index (χ4n) is 3.33. The Morgan fingerprint density at radius 2 is 2.14 bits per heavy atom. The number of halogens is 2. The summed E-state index contributed by atoms with van der Waals surface area (Å²) in [6.07, 6.45) is 1.23. The molecule has 21 heavy (non-hydrogen) atoms. The molecule has 5 heteroatoms. The molecule has 1 aromatic rings. The molecule has 0 amide bonds. The van der Waals surface area contributed by atoms with Crippen molar-refractivity contribution in [3.8, 4) is 0 Å². The quantitative estimate of drug-likeness (QED) is 0.827. The van der Waals surface area contributed by atoms with E-state index in [0.29, 0.717) is 12.6 Å². The van der Waals surface area contributed by atoms with Crippen LogP contribution >= 0.6 is 27.5 Å². The van der Waals surface area contributed by atoms with Crippen molar-refractivity contribution < 1.29 is 0 Å². The molecule has 1 aliphatic heterocycles. The van der Waals surface area contributed by atoms with Gasteiger partial charge in [-0.2, -0.15) is 0 Å². The Balaban J connectivity index is 2.12. The third-order valence-corrected chi connectivity index (χ3v) is 5.43. The first-order chi connectivity index (χ1) is 10.1. The summed E-state index contributed by atoms with van der Waals surface area (Å²) in [4.78, 5) is 5.06. The molecule has 1 aromatic carbocycles. The second-order valence-corrected chi connectivity index (χ2v) is 6.87. The highest BCUT2D eigenvalue weighted by Gasteiger charge is 2.31. The Bertz CT molecular complexity index is 465. The summed E-state index contributed by atoms with van der Waals surface area (Å²) in [6, 6.07) is 6.91. The van der Waals surface area contributed by atoms with Crippen molar-refractivity contribution in [1.29, 1.82) is 0 Å². The summed E-state index contributed by atoms with van der Waals surface area (Å²) in [5, 5.41) is 0.754. The summed E-state index contributed by atoms with van der Waals surface area (Å²) in [5.41, 5.74) is 7.31. The zero-order valence-corrected chi connectivity index (χ0v) is 15.2. The minimum Gasteiger partial charge on any atom is -0.329 e. The van der Waals surface area contributed by atoms with Crippen molar-refractivity contribution in [1.82, 2.24) is 9.80 Å². The van der Waals surface area contributed by atoms with Gasteiger partial charge in [-0.05, 0) is 37.2 Å². The standard InChI is InChI=1S/C16H25BrClN3/c1-3-20(4-2)13-7-8-21(11-13)16(10-19)14-6-5-12(18)9-15(14)17/h5-6,9,13,16H,3-4,7-8,10-11,19H2,1-2H3. The van der Waals surface area contributed by atoms with E-state index in [-0.39, 0.29) is 6.04 Å². The molecule has 2 unspecified atom stereocenters. The summed E-state index contributed by atoms with van der Waals surface area (Å²) in [7, 11) is 0. The highest BCUT2D eigenvalue weighted by molar-refractivity contribution is 9.10. The molecule has 1 aliphatic rings. The molecule has 0 bridgehead atoms. The summed E-state index contributed by atoms with van der Waals surface area (Å²) >= 11 is 9.68. The molecule has 0 aliphatic carbocycles. The average molecular weight is 375 g/mol. The molecule has 1 saturated heterocycles. The normalized spacial score (nSPS) is 21.1. The SMILES string of the molecule is CCN(CC)C1CCN(C(CN)c2ccc(Cl)cc2Br)C1. The topological polar surface area (TPSA) is 32.5 Å². The number of nitrogens with zero attached hydrogens (tertiary/aromatic N) is 2. The van der Waals surface area contributed by atoms with E-state index in [1.807, 2.05) is 12.1 Å². The maximum absolute atomic E-state index is 6.07. The van der Waals surface area contributed by atoms with Gasteiger partial charge in [-0.3, -0.25) is 9.80 Å². The van der Waals surface area contributed by atoms with E-state index in [1.54, 1.807) is 0 Å². The van der Waals surface area contributed by atoms with Gasteiger partial charge in [0.1, 0.15) is 0 Å². The first-order valence-corrected chi connectivity index (χ1v) is 8.90. The molecular formula is C16H25BrClN3. The maximum atomic E-state index is 6.07. The Labute approximate surface area is 141 Å². The van der Waals surface area contributed by atoms with Gasteiger partial charge in [0.05, 0.1) is 0 Å². The predicted octanol–water partition coefficient (Wildman–Crippen LogP) is 3.52. The molecule has 0 spiro atoms. The second-order valence-electron chi connectivity index (χ2n) is 5.58. The number of likely N-dealkylation sites (N-methyl/N-ethyl adjacent to an activating group) is 1. The van der Waals surface area contributed by atoms with Crippen LogP contribution in [-0.2, 0) is 0 Å². The summed E-state index contributed by atoms with van der Waals surface area (Å²) in [6.45, 7) is 9.55. The number of benzene rings is 1. The maximum Gasteiger partial charge on any atom is 0.0482 e. The van der Waals surface area contributed by atoms with Crippen molar-refractivity contribution in [2.24, 2.45) is 5.73 Å². The summed E-state index contributed by atoms with van der Waals surface area (Å²) < 4.78 is 1.05. The van der Waals surface area contributed by atoms with Crippen molar-refractivity contribution in [3.05, 3.63) is 33.3 Å². The van der Waals surface area contributed by atoms with E-state index in [1.165, 1.54) is 12.0 Å². The third kappa shape index (κ3) is 3.99. The summed E-state index contributed by atoms with van der Waals surface area (Å²) in [5.74, 6) is 0. The molecule has 0 saturated carbocycles. The van der Waals surface area contributed by atoms with Gasteiger partial charge in [0.25, 0.3) is 0 Å². The van der Waals surface area contributed by atoms with Crippen LogP contribution in [0.25, 0.3) is 0 Å². The second kappa shape index (κ2) is 7.93. The van der Waals surface area contributed by atoms with E-state index in [0.717, 1.165) is 35.7 Å². The fourth-order valence-corrected chi connectivity index (χ4v) is 4.28. The van der Waals surface area contributed by atoms with Crippen LogP contribution in [-0.4, -0.2) is 48.6 Å². The van der Waals surface area contributed by atoms with Crippen LogP contribution in [0.15, 0.2) is 22.7 Å². The number of rotatable bonds is 6. The van der Waals surface area contributed by atoms with Gasteiger partial charge in [0.2, 0.25) is 0 Å². The van der Waals surface area contributed by atoms with Gasteiger partial charge in [-0.25, -0.2) is 0 Å². The Morgan fingerprint density at radius 1 is 1.43 bits per heavy atom. The molecule has 0 aromatic heterocycles. The molecule has 118 valence electrons. The van der Waals surface area contributed by atoms with Crippen LogP contribution in [0.1, 0.15) is 31.9 Å². The number of hydrogen-bond donors (Lipinski definition) is 1. The first-order valence-electron chi connectivity index (χ1n) is 7.73. The van der Waals surface area contributed by atoms with Crippen LogP contribution in [0.4, 0.5) is 0 Å². The molecule has 2 N–H and O–H groups in total. The Hall–Kier alpha value is -0.130. The van der Waals surface area contributed by atoms with Crippen LogP contribution in [0, 0.1) is 0 Å². The van der Waals surface area contributed by atoms with Crippen LogP contribution < -0.4 is 5.73 Å². The van der Waals surface area contributed by atoms with Gasteiger partial charge in [-0.1, -0.05) is 47.4 Å². The van der Waals surface area contributed by atoms with Crippen molar-refractivity contribution >= 4 is 27.5 Å². The molecule has 2 atom stereocenters. The monoisotopic (exact) mass is 373 g/mol. The Kier molecular flexibility index (Phi) is 6.51. The lowest BCUT2D eigenvalue weighted by Crippen LogP contribution is -2.39. The smallest absolute Gasteiger partial charge is 0.0482 e. The molecule has 3 nitrogen and oxygen atoms in total. The highest BCUT2D eigenvalue weighted by Crippen LogP contribution is 2.32. The fraction of sp³-hybridized carbons (Fsp3) is 0.625. The lowest BCUT2D eigenvalue weighted by Gasteiger charge is -2.30. The molecule has 1 fully saturated rings. The zero-order valence-electron chi connectivity index (χ0n) is 12.9. The lowest BCUT2D eigenvalue weighted by molar-refractivity contribution is 0.189. The average Bonchev–Trinajstić information content (AvgIpc) is 2.93. The highest BCUT2D eigenvalue weighted by atomic mass is 79.9. The molecule has 2 rings (SSSR count). The zero-order chi connectivity index (χ0) is 15.4. The van der Waals surface area contributed by atoms with E-state index < -0.39 is 0 Å². The largest absolute Gasteiger partial charge is 0.329 e. The van der Waals surface area contributed by atoms with E-state index in [2.05, 4.69) is 45.6 Å². The third-order valence-electron chi connectivity index (χ3n) is 4.51. The van der Waals surface area contributed by atoms with Crippen molar-refractivity contribution in [2.45, 2.75) is 32.4 Å². The molecular weight excluding hydrogens is 350 g/mol. The van der Waals surface area contributed by atoms with Crippen LogP contribution in [0.2, 0.25) is 5.02 Å². The van der Waals surface area contributed by atoms with Gasteiger partial charge >= 0.3 is 0 Å². The van der Waals surface area contributed by atoms with Crippen molar-refractivity contribution in [3.63, 3.8) is 0 Å². The van der Waals surface area contributed by atoms with Gasteiger partial charge in [-0.15, -0.1) is 0 Å². The first kappa shape index (κ1) is 17.2. The van der Waals surface area contributed by atoms with Crippen LogP contribution in [0.5, 0.6) is 0 Å². The number of hydrogen-bond acceptors (Lipinski definition) is 3. The van der Waals surface area contributed by atoms with E-state index >= 15 is 0 Å². The van der Waals surface area contributed by atoms with E-state index in [4.69, 9.17) is 17.3 Å². The molecule has 0 radical (unpaired) electrons. The van der Waals surface area contributed by atoms with Crippen LogP contribution in [0.3, 0.4) is 0 Å². The minimum atomic E-state index is 0.261. The van der Waals surface area contributed by atoms with Crippen molar-refractivity contribution in [2.75, 3.05) is 32.7 Å². The van der Waals surface area contributed by atoms with Gasteiger partial charge in [0, 0.05) is 41.2 Å².